The van der Waals surface area contributed by atoms with Crippen LogP contribution in [0.15, 0.2) is 42.5 Å². The van der Waals surface area contributed by atoms with E-state index in [1.165, 1.54) is 19.1 Å². The van der Waals surface area contributed by atoms with E-state index in [9.17, 15) is 9.59 Å². The van der Waals surface area contributed by atoms with Gasteiger partial charge in [-0.1, -0.05) is 12.1 Å². The number of ether oxygens (including phenoxy) is 2. The van der Waals surface area contributed by atoms with E-state index in [1.54, 1.807) is 56.6 Å². The van der Waals surface area contributed by atoms with Crippen molar-refractivity contribution in [2.24, 2.45) is 0 Å². The van der Waals surface area contributed by atoms with Gasteiger partial charge in [-0.25, -0.2) is 0 Å². The minimum Gasteiger partial charge on any atom is -0.497 e. The van der Waals surface area contributed by atoms with Crippen molar-refractivity contribution in [3.05, 3.63) is 59.2 Å². The van der Waals surface area contributed by atoms with Gasteiger partial charge in [-0.15, -0.1) is 0 Å². The summed E-state index contributed by atoms with van der Waals surface area (Å²) in [5.41, 5.74) is 1.43. The van der Waals surface area contributed by atoms with Crippen LogP contribution in [-0.2, 0) is 0 Å². The quantitative estimate of drug-likeness (QED) is 0.796. The van der Waals surface area contributed by atoms with E-state index >= 15 is 0 Å². The zero-order valence-electron chi connectivity index (χ0n) is 13.6. The molecule has 2 rings (SSSR count). The zero-order chi connectivity index (χ0) is 17.0. The van der Waals surface area contributed by atoms with Gasteiger partial charge in [0.1, 0.15) is 11.5 Å². The lowest BCUT2D eigenvalue weighted by Crippen LogP contribution is -2.21. The Morgan fingerprint density at radius 1 is 0.870 bits per heavy atom. The summed E-state index contributed by atoms with van der Waals surface area (Å²) in [5, 5.41) is 0. The molecule has 0 aromatic heterocycles. The fourth-order valence-corrected chi connectivity index (χ4v) is 2.17. The minimum absolute atomic E-state index is 0.108. The molecule has 1 amide bonds. The van der Waals surface area contributed by atoms with Crippen LogP contribution in [0, 0.1) is 0 Å². The summed E-state index contributed by atoms with van der Waals surface area (Å²) in [6.07, 6.45) is 0. The molecule has 0 N–H and O–H groups in total. The van der Waals surface area contributed by atoms with Gasteiger partial charge in [0, 0.05) is 25.2 Å². The molecule has 0 atom stereocenters. The van der Waals surface area contributed by atoms with Crippen molar-refractivity contribution in [3.63, 3.8) is 0 Å². The number of ketones is 1. The molecular formula is C18H19NO4. The standard InChI is InChI=1S/C18H19NO4/c1-19(2)18(21)13-7-5-12(6-8-13)17(20)15-11-14(22-3)9-10-16(15)23-4/h5-11H,1-4H3. The lowest BCUT2D eigenvalue weighted by molar-refractivity contribution is 0.0827. The smallest absolute Gasteiger partial charge is 0.253 e. The first kappa shape index (κ1) is 16.5. The lowest BCUT2D eigenvalue weighted by atomic mass is 10.0. The van der Waals surface area contributed by atoms with Crippen LogP contribution in [-0.4, -0.2) is 44.9 Å². The molecule has 5 nitrogen and oxygen atoms in total. The van der Waals surface area contributed by atoms with Crippen molar-refractivity contribution >= 4 is 11.7 Å². The molecule has 5 heteroatoms. The van der Waals surface area contributed by atoms with Crippen LogP contribution in [0.1, 0.15) is 26.3 Å². The van der Waals surface area contributed by atoms with Gasteiger partial charge in [0.2, 0.25) is 0 Å². The summed E-state index contributed by atoms with van der Waals surface area (Å²) in [4.78, 5) is 26.1. The molecule has 0 saturated heterocycles. The third-order valence-electron chi connectivity index (χ3n) is 3.45. The Bertz CT molecular complexity index is 720. The number of carbonyl (C=O) groups is 2. The summed E-state index contributed by atoms with van der Waals surface area (Å²) >= 11 is 0. The maximum absolute atomic E-state index is 12.7. The second-order valence-corrected chi connectivity index (χ2v) is 5.17. The predicted octanol–water partition coefficient (Wildman–Crippen LogP) is 2.64. The first-order valence-corrected chi connectivity index (χ1v) is 7.06. The van der Waals surface area contributed by atoms with E-state index in [-0.39, 0.29) is 11.7 Å². The highest BCUT2D eigenvalue weighted by molar-refractivity contribution is 6.11. The molecule has 23 heavy (non-hydrogen) atoms. The Morgan fingerprint density at radius 2 is 1.48 bits per heavy atom. The highest BCUT2D eigenvalue weighted by Crippen LogP contribution is 2.26. The summed E-state index contributed by atoms with van der Waals surface area (Å²) in [6, 6.07) is 11.6. The summed E-state index contributed by atoms with van der Waals surface area (Å²) in [6.45, 7) is 0. The van der Waals surface area contributed by atoms with Gasteiger partial charge in [-0.3, -0.25) is 9.59 Å². The average molecular weight is 313 g/mol. The number of carbonyl (C=O) groups excluding carboxylic acids is 2. The highest BCUT2D eigenvalue weighted by Gasteiger charge is 2.16. The molecule has 0 unspecified atom stereocenters. The van der Waals surface area contributed by atoms with Gasteiger partial charge in [-0.2, -0.15) is 0 Å². The van der Waals surface area contributed by atoms with E-state index in [4.69, 9.17) is 9.47 Å². The fourth-order valence-electron chi connectivity index (χ4n) is 2.17. The van der Waals surface area contributed by atoms with Crippen molar-refractivity contribution < 1.29 is 19.1 Å². The number of hydrogen-bond acceptors (Lipinski definition) is 4. The molecule has 0 aliphatic carbocycles. The van der Waals surface area contributed by atoms with Gasteiger partial charge in [0.15, 0.2) is 5.78 Å². The van der Waals surface area contributed by atoms with Crippen LogP contribution in [0.4, 0.5) is 0 Å². The molecule has 0 radical (unpaired) electrons. The van der Waals surface area contributed by atoms with Gasteiger partial charge in [0.25, 0.3) is 5.91 Å². The van der Waals surface area contributed by atoms with E-state index in [1.807, 2.05) is 0 Å². The first-order chi connectivity index (χ1) is 11.0. The van der Waals surface area contributed by atoms with Crippen LogP contribution in [0.2, 0.25) is 0 Å². The van der Waals surface area contributed by atoms with Gasteiger partial charge in [0.05, 0.1) is 19.8 Å². The Morgan fingerprint density at radius 3 is 2.00 bits per heavy atom. The van der Waals surface area contributed by atoms with Crippen LogP contribution in [0.3, 0.4) is 0 Å². The highest BCUT2D eigenvalue weighted by atomic mass is 16.5. The summed E-state index contributed by atoms with van der Waals surface area (Å²) in [7, 11) is 6.42. The molecule has 0 spiro atoms. The van der Waals surface area contributed by atoms with E-state index < -0.39 is 0 Å². The number of hydrogen-bond donors (Lipinski definition) is 0. The predicted molar refractivity (Wildman–Crippen MR) is 87.4 cm³/mol. The van der Waals surface area contributed by atoms with Crippen LogP contribution in [0.25, 0.3) is 0 Å². The van der Waals surface area contributed by atoms with Crippen LogP contribution < -0.4 is 9.47 Å². The van der Waals surface area contributed by atoms with Crippen molar-refractivity contribution in [2.75, 3.05) is 28.3 Å². The molecule has 0 heterocycles. The summed E-state index contributed by atoms with van der Waals surface area (Å²) < 4.78 is 10.4. The summed E-state index contributed by atoms with van der Waals surface area (Å²) in [5.74, 6) is 0.755. The van der Waals surface area contributed by atoms with Crippen molar-refractivity contribution in [2.45, 2.75) is 0 Å². The maximum Gasteiger partial charge on any atom is 0.253 e. The second-order valence-electron chi connectivity index (χ2n) is 5.17. The zero-order valence-corrected chi connectivity index (χ0v) is 13.6. The van der Waals surface area contributed by atoms with Crippen molar-refractivity contribution in [1.82, 2.24) is 4.90 Å². The van der Waals surface area contributed by atoms with Crippen molar-refractivity contribution in [1.29, 1.82) is 0 Å². The molecule has 0 saturated carbocycles. The van der Waals surface area contributed by atoms with Gasteiger partial charge >= 0.3 is 0 Å². The largest absolute Gasteiger partial charge is 0.497 e. The first-order valence-electron chi connectivity index (χ1n) is 7.06. The van der Waals surface area contributed by atoms with E-state index in [0.29, 0.717) is 28.2 Å². The Labute approximate surface area is 135 Å². The Balaban J connectivity index is 2.35. The molecule has 0 bridgehead atoms. The number of methoxy groups -OCH3 is 2. The SMILES string of the molecule is COc1ccc(OC)c(C(=O)c2ccc(C(=O)N(C)C)cc2)c1. The number of rotatable bonds is 5. The van der Waals surface area contributed by atoms with E-state index in [2.05, 4.69) is 0 Å². The van der Waals surface area contributed by atoms with Crippen LogP contribution in [0.5, 0.6) is 11.5 Å². The topological polar surface area (TPSA) is 55.8 Å². The fraction of sp³-hybridized carbons (Fsp3) is 0.222. The van der Waals surface area contributed by atoms with Gasteiger partial charge in [-0.05, 0) is 30.3 Å². The molecule has 120 valence electrons. The molecule has 0 aliphatic rings. The second kappa shape index (κ2) is 6.96. The number of nitrogens with zero attached hydrogens (tertiary/aromatic N) is 1. The molecule has 2 aromatic carbocycles. The Hall–Kier alpha value is -2.82. The van der Waals surface area contributed by atoms with E-state index in [0.717, 1.165) is 0 Å². The third-order valence-corrected chi connectivity index (χ3v) is 3.45. The van der Waals surface area contributed by atoms with Crippen molar-refractivity contribution in [3.8, 4) is 11.5 Å². The number of benzene rings is 2. The number of amides is 1. The average Bonchev–Trinajstić information content (AvgIpc) is 2.59. The van der Waals surface area contributed by atoms with Gasteiger partial charge < -0.3 is 14.4 Å². The molecule has 0 aliphatic heterocycles. The molecule has 2 aromatic rings. The monoisotopic (exact) mass is 313 g/mol. The maximum atomic E-state index is 12.7. The third kappa shape index (κ3) is 3.51. The minimum atomic E-state index is -0.190. The molecular weight excluding hydrogens is 294 g/mol. The molecule has 0 fully saturated rings. The van der Waals surface area contributed by atoms with Crippen LogP contribution >= 0.6 is 0 Å². The normalized spacial score (nSPS) is 10.1. The lowest BCUT2D eigenvalue weighted by Gasteiger charge is -2.11. The Kier molecular flexibility index (Phi) is 5.01.